The Morgan fingerprint density at radius 2 is 1.38 bits per heavy atom. The summed E-state index contributed by atoms with van der Waals surface area (Å²) in [5.74, 6) is 1.55. The lowest BCUT2D eigenvalue weighted by Gasteiger charge is -2.42. The van der Waals surface area contributed by atoms with Crippen LogP contribution in [0.15, 0.2) is 11.1 Å². The first-order valence-electron chi connectivity index (χ1n) is 7.30. The molecule has 0 amide bonds. The Morgan fingerprint density at radius 3 is 1.88 bits per heavy atom. The molecule has 0 aliphatic heterocycles. The molecule has 0 aromatic carbocycles. The molecule has 0 nitrogen and oxygen atoms in total. The quantitative estimate of drug-likeness (QED) is 0.551. The Bertz CT molecular complexity index is 274. The van der Waals surface area contributed by atoms with Gasteiger partial charge in [-0.1, -0.05) is 51.7 Å². The average molecular weight is 220 g/mol. The molecule has 0 bridgehead atoms. The molecule has 0 atom stereocenters. The van der Waals surface area contributed by atoms with Crippen molar-refractivity contribution in [2.24, 2.45) is 17.3 Å². The molecule has 0 aromatic rings. The second-order valence-corrected chi connectivity index (χ2v) is 6.59. The highest BCUT2D eigenvalue weighted by Crippen LogP contribution is 2.55. The van der Waals surface area contributed by atoms with E-state index in [1.165, 1.54) is 44.9 Å². The lowest BCUT2D eigenvalue weighted by atomic mass is 9.63. The Kier molecular flexibility index (Phi) is 3.47. The smallest absolute Gasteiger partial charge is 0.00826 e. The van der Waals surface area contributed by atoms with Gasteiger partial charge in [0.2, 0.25) is 0 Å². The van der Waals surface area contributed by atoms with Gasteiger partial charge in [0.05, 0.1) is 0 Å². The van der Waals surface area contributed by atoms with Crippen LogP contribution < -0.4 is 0 Å². The van der Waals surface area contributed by atoms with Gasteiger partial charge in [0, 0.05) is 0 Å². The molecule has 0 unspecified atom stereocenters. The van der Waals surface area contributed by atoms with Gasteiger partial charge in [0.25, 0.3) is 0 Å². The van der Waals surface area contributed by atoms with Crippen molar-refractivity contribution in [3.8, 4) is 0 Å². The molecule has 2 rings (SSSR count). The van der Waals surface area contributed by atoms with E-state index in [1.807, 2.05) is 11.1 Å². The maximum absolute atomic E-state index is 2.42. The Labute approximate surface area is 102 Å². The van der Waals surface area contributed by atoms with Crippen LogP contribution in [0, 0.1) is 17.3 Å². The molecule has 1 fully saturated rings. The summed E-state index contributed by atoms with van der Waals surface area (Å²) in [4.78, 5) is 0. The molecule has 2 aliphatic carbocycles. The maximum atomic E-state index is 2.42. The van der Waals surface area contributed by atoms with Gasteiger partial charge in [-0.15, -0.1) is 0 Å². The molecule has 0 heterocycles. The van der Waals surface area contributed by atoms with E-state index < -0.39 is 0 Å². The van der Waals surface area contributed by atoms with E-state index in [0.717, 1.165) is 11.8 Å². The van der Waals surface area contributed by atoms with Gasteiger partial charge in [-0.05, 0) is 49.4 Å². The summed E-state index contributed by atoms with van der Waals surface area (Å²) in [5.41, 5.74) is 4.35. The van der Waals surface area contributed by atoms with E-state index in [4.69, 9.17) is 0 Å². The summed E-state index contributed by atoms with van der Waals surface area (Å²) in [5, 5.41) is 0. The summed E-state index contributed by atoms with van der Waals surface area (Å²) in [7, 11) is 0. The second-order valence-electron chi connectivity index (χ2n) is 6.59. The predicted molar refractivity (Wildman–Crippen MR) is 71.5 cm³/mol. The first-order valence-corrected chi connectivity index (χ1v) is 7.30. The van der Waals surface area contributed by atoms with Crippen LogP contribution in [0.5, 0.6) is 0 Å². The second kappa shape index (κ2) is 4.55. The highest BCUT2D eigenvalue weighted by atomic mass is 14.5. The molecular weight excluding hydrogens is 192 g/mol. The van der Waals surface area contributed by atoms with Gasteiger partial charge < -0.3 is 0 Å². The minimum Gasteiger partial charge on any atom is -0.0676 e. The van der Waals surface area contributed by atoms with Gasteiger partial charge in [0.15, 0.2) is 0 Å². The minimum atomic E-state index is 0.645. The van der Waals surface area contributed by atoms with Crippen LogP contribution in [-0.2, 0) is 0 Å². The summed E-state index contributed by atoms with van der Waals surface area (Å²) < 4.78 is 0. The van der Waals surface area contributed by atoms with Crippen LogP contribution >= 0.6 is 0 Å². The van der Waals surface area contributed by atoms with Gasteiger partial charge in [-0.25, -0.2) is 0 Å². The number of hydrogen-bond acceptors (Lipinski definition) is 0. The molecule has 0 aromatic heterocycles. The molecule has 0 radical (unpaired) electrons. The Morgan fingerprint density at radius 1 is 0.812 bits per heavy atom. The lowest BCUT2D eigenvalue weighted by Crippen LogP contribution is -2.29. The summed E-state index contributed by atoms with van der Waals surface area (Å²) in [6.45, 7) is 9.63. The highest BCUT2D eigenvalue weighted by Gasteiger charge is 2.41. The van der Waals surface area contributed by atoms with Gasteiger partial charge >= 0.3 is 0 Å². The van der Waals surface area contributed by atoms with Crippen LogP contribution in [0.4, 0.5) is 0 Å². The van der Waals surface area contributed by atoms with Gasteiger partial charge in [-0.3, -0.25) is 0 Å². The SMILES string of the molecule is CC(C)C1=C(C(C)C)C2(CCCC2)CCC1. The van der Waals surface area contributed by atoms with E-state index in [9.17, 15) is 0 Å². The van der Waals surface area contributed by atoms with Crippen molar-refractivity contribution in [2.75, 3.05) is 0 Å². The van der Waals surface area contributed by atoms with Crippen molar-refractivity contribution in [1.29, 1.82) is 0 Å². The standard InChI is InChI=1S/C16H28/c1-12(2)14-8-7-11-16(9-5-6-10-16)15(14)13(3)4/h12-13H,5-11H2,1-4H3. The highest BCUT2D eigenvalue weighted by molar-refractivity contribution is 5.29. The summed E-state index contributed by atoms with van der Waals surface area (Å²) in [6, 6.07) is 0. The molecule has 1 saturated carbocycles. The zero-order valence-electron chi connectivity index (χ0n) is 11.6. The molecule has 92 valence electrons. The van der Waals surface area contributed by atoms with Crippen molar-refractivity contribution in [3.63, 3.8) is 0 Å². The zero-order chi connectivity index (χ0) is 11.8. The number of hydrogen-bond donors (Lipinski definition) is 0. The Hall–Kier alpha value is -0.260. The Balaban J connectivity index is 2.42. The summed E-state index contributed by atoms with van der Waals surface area (Å²) >= 11 is 0. The topological polar surface area (TPSA) is 0 Å². The monoisotopic (exact) mass is 220 g/mol. The van der Waals surface area contributed by atoms with Crippen LogP contribution in [-0.4, -0.2) is 0 Å². The van der Waals surface area contributed by atoms with E-state index in [1.54, 1.807) is 0 Å². The molecule has 0 heteroatoms. The van der Waals surface area contributed by atoms with Crippen molar-refractivity contribution in [1.82, 2.24) is 0 Å². The van der Waals surface area contributed by atoms with Crippen LogP contribution in [0.25, 0.3) is 0 Å². The van der Waals surface area contributed by atoms with Crippen molar-refractivity contribution >= 4 is 0 Å². The average Bonchev–Trinajstić information content (AvgIpc) is 2.65. The molecule has 0 saturated heterocycles. The van der Waals surface area contributed by atoms with E-state index in [2.05, 4.69) is 27.7 Å². The fraction of sp³-hybridized carbons (Fsp3) is 0.875. The third-order valence-corrected chi connectivity index (χ3v) is 4.85. The van der Waals surface area contributed by atoms with E-state index >= 15 is 0 Å². The van der Waals surface area contributed by atoms with Crippen molar-refractivity contribution < 1.29 is 0 Å². The van der Waals surface area contributed by atoms with Crippen LogP contribution in [0.2, 0.25) is 0 Å². The lowest BCUT2D eigenvalue weighted by molar-refractivity contribution is 0.272. The minimum absolute atomic E-state index is 0.645. The van der Waals surface area contributed by atoms with Gasteiger partial charge in [0.1, 0.15) is 0 Å². The molecular formula is C16H28. The number of allylic oxidation sites excluding steroid dienone is 2. The van der Waals surface area contributed by atoms with Crippen molar-refractivity contribution in [2.45, 2.75) is 72.6 Å². The normalized spacial score (nSPS) is 25.1. The molecule has 2 aliphatic rings. The van der Waals surface area contributed by atoms with Crippen LogP contribution in [0.1, 0.15) is 72.6 Å². The molecule has 0 N–H and O–H groups in total. The van der Waals surface area contributed by atoms with E-state index in [0.29, 0.717) is 5.41 Å². The third kappa shape index (κ3) is 1.96. The third-order valence-electron chi connectivity index (χ3n) is 4.85. The van der Waals surface area contributed by atoms with E-state index in [-0.39, 0.29) is 0 Å². The zero-order valence-corrected chi connectivity index (χ0v) is 11.6. The van der Waals surface area contributed by atoms with Crippen LogP contribution in [0.3, 0.4) is 0 Å². The van der Waals surface area contributed by atoms with Gasteiger partial charge in [-0.2, -0.15) is 0 Å². The predicted octanol–water partition coefficient (Wildman–Crippen LogP) is 5.34. The fourth-order valence-corrected chi connectivity index (χ4v) is 4.38. The molecule has 1 spiro atoms. The largest absolute Gasteiger partial charge is 0.0676 e. The fourth-order valence-electron chi connectivity index (χ4n) is 4.38. The molecule has 16 heavy (non-hydrogen) atoms. The van der Waals surface area contributed by atoms with Crippen molar-refractivity contribution in [3.05, 3.63) is 11.1 Å². The first-order chi connectivity index (χ1) is 7.57. The first kappa shape index (κ1) is 12.2. The number of rotatable bonds is 2. The summed E-state index contributed by atoms with van der Waals surface area (Å²) in [6.07, 6.45) is 10.2. The maximum Gasteiger partial charge on any atom is -0.00826 e.